The molecule has 2 unspecified atom stereocenters. The zero-order valence-corrected chi connectivity index (χ0v) is 10.5. The summed E-state index contributed by atoms with van der Waals surface area (Å²) in [7, 11) is 1.97. The summed E-state index contributed by atoms with van der Waals surface area (Å²) in [5.74, 6) is 1.07. The fraction of sp³-hybridized carbons (Fsp3) is 0.750. The molecule has 1 aromatic heterocycles. The van der Waals surface area contributed by atoms with Crippen LogP contribution in [0.4, 0.5) is 11.5 Å². The molecule has 2 aliphatic rings. The molecule has 0 amide bonds. The van der Waals surface area contributed by atoms with Crippen molar-refractivity contribution in [3.8, 4) is 0 Å². The molecule has 2 N–H and O–H groups in total. The molecule has 2 fully saturated rings. The highest BCUT2D eigenvalue weighted by molar-refractivity contribution is 5.67. The van der Waals surface area contributed by atoms with E-state index in [1.807, 2.05) is 18.7 Å². The number of hydrogen-bond donors (Lipinski definition) is 1. The normalized spacial score (nSPS) is 28.5. The molecule has 2 heterocycles. The number of fused-ring (bicyclic) bond motifs is 1. The van der Waals surface area contributed by atoms with Crippen molar-refractivity contribution in [2.45, 2.75) is 38.3 Å². The first-order valence-corrected chi connectivity index (χ1v) is 6.36. The Kier molecular flexibility index (Phi) is 2.50. The Morgan fingerprint density at radius 1 is 1.41 bits per heavy atom. The van der Waals surface area contributed by atoms with Crippen LogP contribution in [0.15, 0.2) is 0 Å². The average molecular weight is 236 g/mol. The lowest BCUT2D eigenvalue weighted by Gasteiger charge is -2.39. The lowest BCUT2D eigenvalue weighted by atomic mass is 10.1. The summed E-state index contributed by atoms with van der Waals surface area (Å²) in [5, 5.41) is 4.41. The van der Waals surface area contributed by atoms with Gasteiger partial charge in [-0.15, -0.1) is 0 Å². The summed E-state index contributed by atoms with van der Waals surface area (Å²) in [4.78, 5) is 2.40. The summed E-state index contributed by atoms with van der Waals surface area (Å²) >= 11 is 0. The molecule has 1 saturated carbocycles. The maximum Gasteiger partial charge on any atom is 0.150 e. The molecular weight excluding hydrogens is 216 g/mol. The fourth-order valence-electron chi connectivity index (χ4n) is 3.19. The number of rotatable bonds is 1. The van der Waals surface area contributed by atoms with Gasteiger partial charge in [-0.3, -0.25) is 4.68 Å². The third kappa shape index (κ3) is 1.60. The van der Waals surface area contributed by atoms with Gasteiger partial charge in [0.25, 0.3) is 0 Å². The number of nitrogens with zero attached hydrogens (tertiary/aromatic N) is 3. The molecule has 17 heavy (non-hydrogen) atoms. The molecule has 5 nitrogen and oxygen atoms in total. The van der Waals surface area contributed by atoms with Gasteiger partial charge in [0.2, 0.25) is 0 Å². The van der Waals surface area contributed by atoms with E-state index in [-0.39, 0.29) is 0 Å². The molecular formula is C12H20N4O. The molecule has 3 rings (SSSR count). The quantitative estimate of drug-likeness (QED) is 0.792. The van der Waals surface area contributed by atoms with E-state index in [9.17, 15) is 0 Å². The molecule has 1 aliphatic heterocycles. The number of aryl methyl sites for hydroxylation is 2. The first-order chi connectivity index (χ1) is 8.18. The standard InChI is InChI=1S/C12H20N4O/c1-8-11(13)12(15(2)14-8)16-6-7-17-10-5-3-4-9(10)16/h9-10H,3-7,13H2,1-2H3. The number of aromatic nitrogens is 2. The lowest BCUT2D eigenvalue weighted by molar-refractivity contribution is 0.0251. The van der Waals surface area contributed by atoms with E-state index in [0.29, 0.717) is 12.1 Å². The van der Waals surface area contributed by atoms with Crippen molar-refractivity contribution in [2.75, 3.05) is 23.8 Å². The van der Waals surface area contributed by atoms with Gasteiger partial charge in [0.15, 0.2) is 5.82 Å². The van der Waals surface area contributed by atoms with Crippen LogP contribution in [0.1, 0.15) is 25.0 Å². The maximum absolute atomic E-state index is 6.15. The van der Waals surface area contributed by atoms with Crippen LogP contribution in [0.2, 0.25) is 0 Å². The minimum absolute atomic E-state index is 0.387. The monoisotopic (exact) mass is 236 g/mol. The Morgan fingerprint density at radius 3 is 2.94 bits per heavy atom. The summed E-state index contributed by atoms with van der Waals surface area (Å²) in [6.07, 6.45) is 4.02. The largest absolute Gasteiger partial charge is 0.394 e. The zero-order valence-electron chi connectivity index (χ0n) is 10.5. The molecule has 0 radical (unpaired) electrons. The highest BCUT2D eigenvalue weighted by Gasteiger charge is 2.38. The molecule has 94 valence electrons. The van der Waals surface area contributed by atoms with Crippen LogP contribution < -0.4 is 10.6 Å². The Morgan fingerprint density at radius 2 is 2.24 bits per heavy atom. The Labute approximate surface area is 102 Å². The first-order valence-electron chi connectivity index (χ1n) is 6.36. The van der Waals surface area contributed by atoms with Gasteiger partial charge in [-0.25, -0.2) is 0 Å². The van der Waals surface area contributed by atoms with Gasteiger partial charge in [0.1, 0.15) is 0 Å². The number of morpholine rings is 1. The smallest absolute Gasteiger partial charge is 0.150 e. The van der Waals surface area contributed by atoms with E-state index in [1.54, 1.807) is 0 Å². The summed E-state index contributed by atoms with van der Waals surface area (Å²) in [6, 6.07) is 0.487. The molecule has 1 aromatic rings. The summed E-state index contributed by atoms with van der Waals surface area (Å²) in [5.41, 5.74) is 7.89. The van der Waals surface area contributed by atoms with E-state index < -0.39 is 0 Å². The van der Waals surface area contributed by atoms with Gasteiger partial charge >= 0.3 is 0 Å². The lowest BCUT2D eigenvalue weighted by Crippen LogP contribution is -2.49. The van der Waals surface area contributed by atoms with Crippen molar-refractivity contribution in [1.82, 2.24) is 9.78 Å². The van der Waals surface area contributed by atoms with E-state index in [4.69, 9.17) is 10.5 Å². The van der Waals surface area contributed by atoms with Gasteiger partial charge in [-0.1, -0.05) is 0 Å². The molecule has 2 atom stereocenters. The third-order valence-corrected chi connectivity index (χ3v) is 3.99. The highest BCUT2D eigenvalue weighted by atomic mass is 16.5. The second-order valence-electron chi connectivity index (χ2n) is 5.05. The highest BCUT2D eigenvalue weighted by Crippen LogP contribution is 2.36. The average Bonchev–Trinajstić information content (AvgIpc) is 2.85. The minimum Gasteiger partial charge on any atom is -0.394 e. The minimum atomic E-state index is 0.387. The Hall–Kier alpha value is -1.23. The number of ether oxygens (including phenoxy) is 1. The van der Waals surface area contributed by atoms with Crippen LogP contribution in [-0.2, 0) is 11.8 Å². The van der Waals surface area contributed by atoms with E-state index in [1.165, 1.54) is 19.3 Å². The van der Waals surface area contributed by atoms with Crippen LogP contribution in [0.5, 0.6) is 0 Å². The molecule has 0 spiro atoms. The Balaban J connectivity index is 1.97. The predicted octanol–water partition coefficient (Wildman–Crippen LogP) is 1.07. The predicted molar refractivity (Wildman–Crippen MR) is 67.1 cm³/mol. The van der Waals surface area contributed by atoms with Crippen LogP contribution >= 0.6 is 0 Å². The topological polar surface area (TPSA) is 56.3 Å². The number of hydrogen-bond acceptors (Lipinski definition) is 4. The van der Waals surface area contributed by atoms with Crippen molar-refractivity contribution in [1.29, 1.82) is 0 Å². The van der Waals surface area contributed by atoms with Gasteiger partial charge in [-0.2, -0.15) is 5.10 Å². The van der Waals surface area contributed by atoms with Crippen molar-refractivity contribution in [3.63, 3.8) is 0 Å². The zero-order chi connectivity index (χ0) is 12.0. The van der Waals surface area contributed by atoms with Crippen molar-refractivity contribution < 1.29 is 4.74 Å². The summed E-state index contributed by atoms with van der Waals surface area (Å²) < 4.78 is 7.74. The SMILES string of the molecule is Cc1nn(C)c(N2CCOC3CCCC32)c1N. The third-order valence-electron chi connectivity index (χ3n) is 3.99. The molecule has 1 saturated heterocycles. The summed E-state index contributed by atoms with van der Waals surface area (Å²) in [6.45, 7) is 3.68. The first kappa shape index (κ1) is 10.9. The second kappa shape index (κ2) is 3.91. The van der Waals surface area contributed by atoms with E-state index in [0.717, 1.165) is 30.4 Å². The molecule has 1 aliphatic carbocycles. The number of anilines is 2. The van der Waals surface area contributed by atoms with Crippen molar-refractivity contribution >= 4 is 11.5 Å². The van der Waals surface area contributed by atoms with Crippen LogP contribution in [0, 0.1) is 6.92 Å². The van der Waals surface area contributed by atoms with Gasteiger partial charge in [0.05, 0.1) is 30.1 Å². The van der Waals surface area contributed by atoms with Crippen molar-refractivity contribution in [2.24, 2.45) is 7.05 Å². The number of nitrogen functional groups attached to an aromatic ring is 1. The van der Waals surface area contributed by atoms with E-state index in [2.05, 4.69) is 10.00 Å². The van der Waals surface area contributed by atoms with Gasteiger partial charge in [0, 0.05) is 13.6 Å². The number of nitrogens with two attached hydrogens (primary N) is 1. The van der Waals surface area contributed by atoms with Crippen LogP contribution in [0.25, 0.3) is 0 Å². The maximum atomic E-state index is 6.15. The van der Waals surface area contributed by atoms with Gasteiger partial charge in [-0.05, 0) is 26.2 Å². The molecule has 5 heteroatoms. The van der Waals surface area contributed by atoms with Gasteiger partial charge < -0.3 is 15.4 Å². The van der Waals surface area contributed by atoms with Crippen LogP contribution in [-0.4, -0.2) is 35.1 Å². The van der Waals surface area contributed by atoms with Crippen LogP contribution in [0.3, 0.4) is 0 Å². The second-order valence-corrected chi connectivity index (χ2v) is 5.05. The molecule has 0 bridgehead atoms. The fourth-order valence-corrected chi connectivity index (χ4v) is 3.19. The Bertz CT molecular complexity index is 428. The molecule has 0 aromatic carbocycles. The van der Waals surface area contributed by atoms with Crippen molar-refractivity contribution in [3.05, 3.63) is 5.69 Å². The van der Waals surface area contributed by atoms with E-state index >= 15 is 0 Å².